The minimum Gasteiger partial charge on any atom is -0.360 e. The molecule has 0 spiro atoms. The van der Waals surface area contributed by atoms with Crippen LogP contribution in [0.2, 0.25) is 0 Å². The van der Waals surface area contributed by atoms with Crippen LogP contribution >= 0.6 is 0 Å². The van der Waals surface area contributed by atoms with Crippen molar-refractivity contribution in [2.24, 2.45) is 0 Å². The first-order valence-corrected chi connectivity index (χ1v) is 6.17. The molecule has 3 nitrogen and oxygen atoms in total. The molecule has 0 saturated carbocycles. The molecule has 2 rings (SSSR count). The van der Waals surface area contributed by atoms with Crippen molar-refractivity contribution >= 4 is 5.69 Å². The summed E-state index contributed by atoms with van der Waals surface area (Å²) in [6.07, 6.45) is 1.41. The van der Waals surface area contributed by atoms with Crippen molar-refractivity contribution in [2.75, 3.05) is 5.32 Å². The van der Waals surface area contributed by atoms with E-state index in [1.165, 1.54) is 17.3 Å². The highest BCUT2D eigenvalue weighted by Crippen LogP contribution is 2.24. The fourth-order valence-electron chi connectivity index (χ4n) is 1.89. The third-order valence-electron chi connectivity index (χ3n) is 2.97. The molecule has 0 amide bonds. The van der Waals surface area contributed by atoms with E-state index in [4.69, 9.17) is 10.5 Å². The average molecular weight is 259 g/mol. The predicted molar refractivity (Wildman–Crippen MR) is 79.5 cm³/mol. The summed E-state index contributed by atoms with van der Waals surface area (Å²) in [5.41, 5.74) is 4.45. The first-order valence-electron chi connectivity index (χ1n) is 6.17. The molecule has 2 aromatic carbocycles. The molecule has 3 heteroatoms. The van der Waals surface area contributed by atoms with E-state index in [1.54, 1.807) is 12.1 Å². The number of nitrogens with one attached hydrogen (secondary N) is 1. The summed E-state index contributed by atoms with van der Waals surface area (Å²) in [4.78, 5) is 0. The fraction of sp³-hybridized carbons (Fsp3) is 0.0588. The zero-order chi connectivity index (χ0) is 14.4. The summed E-state index contributed by atoms with van der Waals surface area (Å²) in [5.74, 6) is 0. The smallest absolute Gasteiger partial charge is 0.145 e. The summed E-state index contributed by atoms with van der Waals surface area (Å²) in [6, 6.07) is 19.7. The lowest BCUT2D eigenvalue weighted by Gasteiger charge is -2.07. The molecule has 96 valence electrons. The van der Waals surface area contributed by atoms with Crippen LogP contribution in [0.1, 0.15) is 5.56 Å². The quantitative estimate of drug-likeness (QED) is 0.847. The molecular weight excluding hydrogens is 246 g/mol. The van der Waals surface area contributed by atoms with E-state index >= 15 is 0 Å². The molecule has 0 fully saturated rings. The number of hydrogen-bond donors (Lipinski definition) is 1. The van der Waals surface area contributed by atoms with Crippen LogP contribution < -0.4 is 5.32 Å². The molecule has 2 aromatic rings. The van der Waals surface area contributed by atoms with Gasteiger partial charge in [0.1, 0.15) is 17.7 Å². The summed E-state index contributed by atoms with van der Waals surface area (Å²) < 4.78 is 0. The van der Waals surface area contributed by atoms with E-state index in [-0.39, 0.29) is 5.57 Å². The Kier molecular flexibility index (Phi) is 4.17. The van der Waals surface area contributed by atoms with Crippen LogP contribution in [0.4, 0.5) is 5.69 Å². The van der Waals surface area contributed by atoms with Crippen LogP contribution in [0, 0.1) is 29.6 Å². The van der Waals surface area contributed by atoms with Gasteiger partial charge in [-0.1, -0.05) is 36.4 Å². The lowest BCUT2D eigenvalue weighted by atomic mass is 10.0. The third-order valence-corrected chi connectivity index (χ3v) is 2.97. The maximum Gasteiger partial charge on any atom is 0.145 e. The molecular formula is C17H13N3. The second kappa shape index (κ2) is 6.22. The van der Waals surface area contributed by atoms with Crippen LogP contribution in [0.3, 0.4) is 0 Å². The maximum atomic E-state index is 8.65. The second-order valence-electron chi connectivity index (χ2n) is 4.32. The van der Waals surface area contributed by atoms with Gasteiger partial charge in [-0.3, -0.25) is 0 Å². The van der Waals surface area contributed by atoms with E-state index in [0.717, 1.165) is 11.3 Å². The highest BCUT2D eigenvalue weighted by molar-refractivity contribution is 5.69. The first-order chi connectivity index (χ1) is 9.74. The van der Waals surface area contributed by atoms with Crippen molar-refractivity contribution < 1.29 is 0 Å². The van der Waals surface area contributed by atoms with E-state index in [0.29, 0.717) is 0 Å². The number of rotatable bonds is 3. The number of aryl methyl sites for hydroxylation is 1. The molecule has 0 aliphatic heterocycles. The van der Waals surface area contributed by atoms with Gasteiger partial charge in [0, 0.05) is 11.9 Å². The lowest BCUT2D eigenvalue weighted by molar-refractivity contribution is 1.44. The molecule has 0 aromatic heterocycles. The summed E-state index contributed by atoms with van der Waals surface area (Å²) in [6.45, 7) is 2.08. The molecule has 20 heavy (non-hydrogen) atoms. The second-order valence-corrected chi connectivity index (χ2v) is 4.32. The van der Waals surface area contributed by atoms with Gasteiger partial charge in [-0.2, -0.15) is 10.5 Å². The van der Waals surface area contributed by atoms with Crippen molar-refractivity contribution in [1.82, 2.24) is 0 Å². The van der Waals surface area contributed by atoms with Gasteiger partial charge in [0.15, 0.2) is 0 Å². The van der Waals surface area contributed by atoms with Crippen LogP contribution in [-0.2, 0) is 0 Å². The molecule has 0 aliphatic carbocycles. The summed E-state index contributed by atoms with van der Waals surface area (Å²) in [7, 11) is 0. The number of nitrogens with zero attached hydrogens (tertiary/aromatic N) is 2. The molecule has 0 saturated heterocycles. The van der Waals surface area contributed by atoms with E-state index in [1.807, 2.05) is 36.4 Å². The highest BCUT2D eigenvalue weighted by atomic mass is 14.8. The highest BCUT2D eigenvalue weighted by Gasteiger charge is 2.00. The molecule has 0 atom stereocenters. The molecule has 0 radical (unpaired) electrons. The monoisotopic (exact) mass is 259 g/mol. The van der Waals surface area contributed by atoms with E-state index in [2.05, 4.69) is 24.4 Å². The Morgan fingerprint density at radius 1 is 1.00 bits per heavy atom. The van der Waals surface area contributed by atoms with Gasteiger partial charge in [-0.25, -0.2) is 0 Å². The normalized spacial score (nSPS) is 9.15. The van der Waals surface area contributed by atoms with Crippen molar-refractivity contribution in [2.45, 2.75) is 6.92 Å². The number of nitriles is 2. The van der Waals surface area contributed by atoms with Crippen LogP contribution in [0.5, 0.6) is 0 Å². The van der Waals surface area contributed by atoms with Gasteiger partial charge in [0.05, 0.1) is 0 Å². The number of anilines is 1. The van der Waals surface area contributed by atoms with Gasteiger partial charge in [0.25, 0.3) is 0 Å². The van der Waals surface area contributed by atoms with Crippen LogP contribution in [0.15, 0.2) is 60.3 Å². The van der Waals surface area contributed by atoms with Gasteiger partial charge >= 0.3 is 0 Å². The molecule has 0 unspecified atom stereocenters. The van der Waals surface area contributed by atoms with E-state index < -0.39 is 0 Å². The van der Waals surface area contributed by atoms with Crippen molar-refractivity contribution in [3.8, 4) is 23.3 Å². The predicted octanol–water partition coefficient (Wildman–Crippen LogP) is 4.00. The van der Waals surface area contributed by atoms with E-state index in [9.17, 15) is 0 Å². The Morgan fingerprint density at radius 3 is 2.25 bits per heavy atom. The Morgan fingerprint density at radius 2 is 1.65 bits per heavy atom. The Bertz CT molecular complexity index is 697. The van der Waals surface area contributed by atoms with Gasteiger partial charge in [-0.05, 0) is 35.7 Å². The van der Waals surface area contributed by atoms with Crippen LogP contribution in [0.25, 0.3) is 11.1 Å². The zero-order valence-electron chi connectivity index (χ0n) is 11.1. The average Bonchev–Trinajstić information content (AvgIpc) is 2.49. The van der Waals surface area contributed by atoms with Crippen molar-refractivity contribution in [3.63, 3.8) is 0 Å². The topological polar surface area (TPSA) is 59.6 Å². The fourth-order valence-corrected chi connectivity index (χ4v) is 1.89. The minimum atomic E-state index is 0.0491. The molecule has 0 heterocycles. The maximum absolute atomic E-state index is 8.65. The van der Waals surface area contributed by atoms with Crippen molar-refractivity contribution in [1.29, 1.82) is 10.5 Å². The Labute approximate surface area is 118 Å². The van der Waals surface area contributed by atoms with Crippen LogP contribution in [-0.4, -0.2) is 0 Å². The largest absolute Gasteiger partial charge is 0.360 e. The first kappa shape index (κ1) is 13.4. The van der Waals surface area contributed by atoms with Gasteiger partial charge in [0.2, 0.25) is 0 Å². The molecule has 0 aliphatic rings. The Hall–Kier alpha value is -3.04. The Balaban J connectivity index is 2.20. The van der Waals surface area contributed by atoms with Gasteiger partial charge < -0.3 is 5.32 Å². The summed E-state index contributed by atoms with van der Waals surface area (Å²) in [5, 5.41) is 20.2. The summed E-state index contributed by atoms with van der Waals surface area (Å²) >= 11 is 0. The molecule has 1 N–H and O–H groups in total. The molecule has 0 bridgehead atoms. The standard InChI is InChI=1S/C17H13N3/c1-13-4-2-3-5-17(13)15-6-8-16(9-7-15)20-12-14(10-18)11-19/h2-9,12,20H,1H3. The number of allylic oxidation sites excluding steroid dienone is 1. The lowest BCUT2D eigenvalue weighted by Crippen LogP contribution is -1.90. The van der Waals surface area contributed by atoms with Crippen molar-refractivity contribution in [3.05, 3.63) is 65.9 Å². The third kappa shape index (κ3) is 3.04. The minimum absolute atomic E-state index is 0.0491. The SMILES string of the molecule is Cc1ccccc1-c1ccc(NC=C(C#N)C#N)cc1. The number of benzene rings is 2. The number of hydrogen-bond acceptors (Lipinski definition) is 3. The zero-order valence-corrected chi connectivity index (χ0v) is 11.1. The van der Waals surface area contributed by atoms with Gasteiger partial charge in [-0.15, -0.1) is 0 Å².